The quantitative estimate of drug-likeness (QED) is 0.486. The Kier molecular flexibility index (Phi) is 6.71. The largest absolute Gasteiger partial charge is 0.466 e. The topological polar surface area (TPSA) is 94.6 Å². The Balaban J connectivity index is 3.01. The third kappa shape index (κ3) is 4.66. The second kappa shape index (κ2) is 8.28. The highest BCUT2D eigenvalue weighted by molar-refractivity contribution is 6.30. The van der Waals surface area contributed by atoms with E-state index in [1.54, 1.807) is 13.8 Å². The normalized spacial score (nSPS) is 10.0. The van der Waals surface area contributed by atoms with Crippen LogP contribution < -0.4 is 5.32 Å². The van der Waals surface area contributed by atoms with Gasteiger partial charge in [-0.25, -0.2) is 14.2 Å². The highest BCUT2D eigenvalue weighted by Crippen LogP contribution is 2.25. The minimum absolute atomic E-state index is 0.0549. The molecule has 0 saturated heterocycles. The zero-order valence-corrected chi connectivity index (χ0v) is 12.7. The van der Waals surface area contributed by atoms with Crippen LogP contribution in [0.15, 0.2) is 6.20 Å². The number of nitrogens with one attached hydrogen (secondary N) is 1. The summed E-state index contributed by atoms with van der Waals surface area (Å²) < 4.78 is 23.3. The van der Waals surface area contributed by atoms with Crippen molar-refractivity contribution >= 4 is 35.1 Å². The fourth-order valence-electron chi connectivity index (χ4n) is 1.48. The van der Waals surface area contributed by atoms with E-state index in [1.165, 1.54) is 0 Å². The van der Waals surface area contributed by atoms with Crippen molar-refractivity contribution in [2.75, 3.05) is 18.5 Å². The second-order valence-corrected chi connectivity index (χ2v) is 4.26. The number of anilines is 1. The van der Waals surface area contributed by atoms with Crippen LogP contribution in [0.3, 0.4) is 0 Å². The maximum atomic E-state index is 14.0. The van der Waals surface area contributed by atoms with Gasteiger partial charge in [-0.2, -0.15) is 0 Å². The molecule has 22 heavy (non-hydrogen) atoms. The molecule has 0 radical (unpaired) electrons. The second-order valence-electron chi connectivity index (χ2n) is 3.90. The van der Waals surface area contributed by atoms with Crippen molar-refractivity contribution in [3.8, 4) is 0 Å². The molecule has 0 atom stereocenters. The lowest BCUT2D eigenvalue weighted by Crippen LogP contribution is -2.21. The van der Waals surface area contributed by atoms with Crippen LogP contribution in [-0.4, -0.2) is 36.0 Å². The number of nitrogens with zero attached hydrogens (tertiary/aromatic N) is 1. The van der Waals surface area contributed by atoms with Gasteiger partial charge in [-0.15, -0.1) is 0 Å². The van der Waals surface area contributed by atoms with Crippen LogP contribution in [0.4, 0.5) is 10.1 Å². The van der Waals surface area contributed by atoms with Gasteiger partial charge < -0.3 is 14.8 Å². The molecule has 7 nitrogen and oxygen atoms in total. The summed E-state index contributed by atoms with van der Waals surface area (Å²) in [5, 5.41) is 1.58. The molecule has 0 aliphatic carbocycles. The number of pyridine rings is 1. The Morgan fingerprint density at radius 2 is 1.91 bits per heavy atom. The number of hydrogen-bond donors (Lipinski definition) is 1. The van der Waals surface area contributed by atoms with Crippen LogP contribution in [0, 0.1) is 5.82 Å². The Labute approximate surface area is 130 Å². The van der Waals surface area contributed by atoms with Crippen LogP contribution in [0.2, 0.25) is 5.15 Å². The third-order valence-corrected chi connectivity index (χ3v) is 2.61. The van der Waals surface area contributed by atoms with Gasteiger partial charge in [-0.05, 0) is 13.8 Å². The highest BCUT2D eigenvalue weighted by Gasteiger charge is 2.22. The van der Waals surface area contributed by atoms with Crippen LogP contribution in [-0.2, 0) is 19.1 Å². The smallest absolute Gasteiger partial charge is 0.341 e. The summed E-state index contributed by atoms with van der Waals surface area (Å²) >= 11 is 5.53. The lowest BCUT2D eigenvalue weighted by atomic mass is 10.2. The molecule has 120 valence electrons. The molecule has 0 aromatic carbocycles. The number of carbonyl (C=O) groups excluding carboxylic acids is 3. The first kappa shape index (κ1) is 17.8. The van der Waals surface area contributed by atoms with Crippen LogP contribution >= 0.6 is 11.6 Å². The van der Waals surface area contributed by atoms with Gasteiger partial charge in [0.15, 0.2) is 11.0 Å². The molecule has 9 heteroatoms. The van der Waals surface area contributed by atoms with E-state index < -0.39 is 40.9 Å². The third-order valence-electron chi connectivity index (χ3n) is 2.35. The van der Waals surface area contributed by atoms with Crippen molar-refractivity contribution in [3.05, 3.63) is 22.7 Å². The van der Waals surface area contributed by atoms with Crippen molar-refractivity contribution in [1.29, 1.82) is 0 Å². The summed E-state index contributed by atoms with van der Waals surface area (Å²) in [5.41, 5.74) is -0.797. The van der Waals surface area contributed by atoms with E-state index in [0.717, 1.165) is 6.20 Å². The van der Waals surface area contributed by atoms with E-state index in [4.69, 9.17) is 16.3 Å². The molecule has 0 unspecified atom stereocenters. The van der Waals surface area contributed by atoms with Crippen molar-refractivity contribution < 1.29 is 28.2 Å². The monoisotopic (exact) mass is 332 g/mol. The van der Waals surface area contributed by atoms with Crippen LogP contribution in [0.5, 0.6) is 0 Å². The van der Waals surface area contributed by atoms with E-state index in [-0.39, 0.29) is 18.8 Å². The van der Waals surface area contributed by atoms with Crippen LogP contribution in [0.25, 0.3) is 0 Å². The van der Waals surface area contributed by atoms with Gasteiger partial charge in [-0.1, -0.05) is 11.6 Å². The Morgan fingerprint density at radius 3 is 2.50 bits per heavy atom. The highest BCUT2D eigenvalue weighted by atomic mass is 35.5. The van der Waals surface area contributed by atoms with E-state index >= 15 is 0 Å². The Hall–Kier alpha value is -2.22. The maximum Gasteiger partial charge on any atom is 0.341 e. The molecular formula is C13H14ClFN2O5. The average Bonchev–Trinajstić information content (AvgIpc) is 2.44. The minimum atomic E-state index is -1.09. The van der Waals surface area contributed by atoms with E-state index in [1.807, 2.05) is 0 Å². The van der Waals surface area contributed by atoms with Gasteiger partial charge in [0.1, 0.15) is 12.0 Å². The summed E-state index contributed by atoms with van der Waals surface area (Å²) in [6.45, 7) is 3.31. The first-order valence-electron chi connectivity index (χ1n) is 6.37. The summed E-state index contributed by atoms with van der Waals surface area (Å²) in [6.07, 6.45) is 0.346. The Morgan fingerprint density at radius 1 is 1.27 bits per heavy atom. The maximum absolute atomic E-state index is 14.0. The van der Waals surface area contributed by atoms with E-state index in [9.17, 15) is 18.8 Å². The van der Waals surface area contributed by atoms with Gasteiger partial charge in [0.25, 0.3) is 0 Å². The number of halogens is 2. The molecule has 0 bridgehead atoms. The first-order chi connectivity index (χ1) is 10.4. The predicted molar refractivity (Wildman–Crippen MR) is 75.0 cm³/mol. The molecule has 0 saturated carbocycles. The van der Waals surface area contributed by atoms with Gasteiger partial charge in [0.05, 0.1) is 18.9 Å². The van der Waals surface area contributed by atoms with Crippen LogP contribution in [0.1, 0.15) is 30.6 Å². The fourth-order valence-corrected chi connectivity index (χ4v) is 1.62. The van der Waals surface area contributed by atoms with Crippen molar-refractivity contribution in [3.63, 3.8) is 0 Å². The number of aromatic nitrogens is 1. The number of carbonyl (C=O) groups is 3. The lowest BCUT2D eigenvalue weighted by Gasteiger charge is -2.11. The average molecular weight is 333 g/mol. The number of hydrogen-bond acceptors (Lipinski definition) is 6. The number of rotatable bonds is 6. The van der Waals surface area contributed by atoms with Gasteiger partial charge in [-0.3, -0.25) is 9.59 Å². The molecule has 1 N–H and O–H groups in total. The van der Waals surface area contributed by atoms with Gasteiger partial charge in [0.2, 0.25) is 5.91 Å². The minimum Gasteiger partial charge on any atom is -0.466 e. The molecule has 1 aromatic rings. The predicted octanol–water partition coefficient (Wildman–Crippen LogP) is 1.94. The van der Waals surface area contributed by atoms with Gasteiger partial charge in [0, 0.05) is 6.20 Å². The molecule has 1 heterocycles. The summed E-state index contributed by atoms with van der Waals surface area (Å²) in [6, 6.07) is 0. The van der Waals surface area contributed by atoms with Crippen molar-refractivity contribution in [2.45, 2.75) is 20.3 Å². The fraction of sp³-hybridized carbons (Fsp3) is 0.385. The number of amides is 1. The first-order valence-corrected chi connectivity index (χ1v) is 6.75. The lowest BCUT2D eigenvalue weighted by molar-refractivity contribution is -0.145. The molecule has 0 fully saturated rings. The summed E-state index contributed by atoms with van der Waals surface area (Å²) in [5.74, 6) is -3.61. The SMILES string of the molecule is CCOC(=O)CC(=O)Nc1c(C(=O)OCC)cnc(Cl)c1F. The molecule has 0 spiro atoms. The number of esters is 2. The van der Waals surface area contributed by atoms with E-state index in [2.05, 4.69) is 15.0 Å². The molecule has 1 amide bonds. The zero-order valence-electron chi connectivity index (χ0n) is 11.9. The van der Waals surface area contributed by atoms with Crippen molar-refractivity contribution in [1.82, 2.24) is 4.98 Å². The van der Waals surface area contributed by atoms with Crippen molar-refractivity contribution in [2.24, 2.45) is 0 Å². The molecular weight excluding hydrogens is 319 g/mol. The number of ether oxygens (including phenoxy) is 2. The molecule has 0 aliphatic rings. The Bertz CT molecular complexity index is 594. The standard InChI is InChI=1S/C13H14ClFN2O5/c1-3-21-9(19)5-8(18)17-11-7(13(20)22-4-2)6-16-12(14)10(11)15/h6H,3-5H2,1-2H3,(H,16,17,18). The molecule has 1 rings (SSSR count). The molecule has 0 aliphatic heterocycles. The summed E-state index contributed by atoms with van der Waals surface area (Å²) in [4.78, 5) is 38.1. The zero-order chi connectivity index (χ0) is 16.7. The van der Waals surface area contributed by atoms with Gasteiger partial charge >= 0.3 is 11.9 Å². The van der Waals surface area contributed by atoms with E-state index in [0.29, 0.717) is 0 Å². The molecule has 1 aromatic heterocycles. The summed E-state index contributed by atoms with van der Waals surface area (Å²) in [7, 11) is 0.